The predicted molar refractivity (Wildman–Crippen MR) is 85.9 cm³/mol. The van der Waals surface area contributed by atoms with Crippen molar-refractivity contribution in [1.29, 1.82) is 5.26 Å². The van der Waals surface area contributed by atoms with Crippen molar-refractivity contribution in [2.24, 2.45) is 5.92 Å². The smallest absolute Gasteiger partial charge is 0.144 e. The molecule has 0 radical (unpaired) electrons. The van der Waals surface area contributed by atoms with Crippen LogP contribution in [0.15, 0.2) is 30.3 Å². The van der Waals surface area contributed by atoms with Crippen LogP contribution >= 0.6 is 0 Å². The third kappa shape index (κ3) is 5.13. The van der Waals surface area contributed by atoms with Gasteiger partial charge in [0, 0.05) is 26.7 Å². The molecule has 4 nitrogen and oxygen atoms in total. The Morgan fingerprint density at radius 1 is 1.33 bits per heavy atom. The molecule has 1 N–H and O–H groups in total. The van der Waals surface area contributed by atoms with Crippen molar-refractivity contribution in [2.75, 3.05) is 40.4 Å². The summed E-state index contributed by atoms with van der Waals surface area (Å²) in [6, 6.07) is 12.4. The second kappa shape index (κ2) is 8.78. The molecule has 1 aromatic carbocycles. The van der Waals surface area contributed by atoms with Gasteiger partial charge in [0.1, 0.15) is 5.54 Å². The van der Waals surface area contributed by atoms with E-state index < -0.39 is 5.54 Å². The molecule has 0 aliphatic carbocycles. The minimum absolute atomic E-state index is 0.547. The summed E-state index contributed by atoms with van der Waals surface area (Å²) < 4.78 is 5.20. The van der Waals surface area contributed by atoms with E-state index in [0.717, 1.165) is 18.7 Å². The number of nitriles is 1. The zero-order chi connectivity index (χ0) is 15.7. The summed E-state index contributed by atoms with van der Waals surface area (Å²) >= 11 is 0. The second-order valence-electron chi connectivity index (χ2n) is 5.75. The normalized spacial score (nSPS) is 14.1. The van der Waals surface area contributed by atoms with E-state index in [4.69, 9.17) is 4.74 Å². The van der Waals surface area contributed by atoms with Crippen LogP contribution < -0.4 is 5.32 Å². The highest BCUT2D eigenvalue weighted by Crippen LogP contribution is 2.22. The fourth-order valence-electron chi connectivity index (χ4n) is 2.50. The molecule has 0 saturated carbocycles. The number of ether oxygens (including phenoxy) is 1. The van der Waals surface area contributed by atoms with E-state index in [-0.39, 0.29) is 0 Å². The molecule has 4 heteroatoms. The first-order valence-electron chi connectivity index (χ1n) is 7.45. The highest BCUT2D eigenvalue weighted by molar-refractivity contribution is 5.31. The van der Waals surface area contributed by atoms with Crippen molar-refractivity contribution in [3.8, 4) is 6.07 Å². The topological polar surface area (TPSA) is 48.3 Å². The zero-order valence-electron chi connectivity index (χ0n) is 13.6. The van der Waals surface area contributed by atoms with Crippen molar-refractivity contribution in [3.05, 3.63) is 35.9 Å². The molecule has 0 aliphatic heterocycles. The van der Waals surface area contributed by atoms with Crippen LogP contribution in [0.4, 0.5) is 0 Å². The van der Waals surface area contributed by atoms with Gasteiger partial charge in [-0.2, -0.15) is 5.26 Å². The van der Waals surface area contributed by atoms with E-state index in [9.17, 15) is 5.26 Å². The fourth-order valence-corrected chi connectivity index (χ4v) is 2.50. The lowest BCUT2D eigenvalue weighted by atomic mass is 9.90. The van der Waals surface area contributed by atoms with Gasteiger partial charge in [0.15, 0.2) is 0 Å². The molecule has 1 unspecified atom stereocenters. The highest BCUT2D eigenvalue weighted by Gasteiger charge is 2.32. The molecule has 116 valence electrons. The number of hydrogen-bond donors (Lipinski definition) is 1. The Balaban J connectivity index is 2.96. The van der Waals surface area contributed by atoms with E-state index in [2.05, 4.69) is 30.1 Å². The Labute approximate surface area is 128 Å². The summed E-state index contributed by atoms with van der Waals surface area (Å²) in [5, 5.41) is 13.0. The van der Waals surface area contributed by atoms with E-state index in [1.54, 1.807) is 7.11 Å². The third-order valence-electron chi connectivity index (χ3n) is 3.58. The van der Waals surface area contributed by atoms with E-state index in [1.807, 2.05) is 37.4 Å². The van der Waals surface area contributed by atoms with E-state index in [1.165, 1.54) is 0 Å². The zero-order valence-corrected chi connectivity index (χ0v) is 13.6. The predicted octanol–water partition coefficient (Wildman–Crippen LogP) is 2.23. The average molecular weight is 289 g/mol. The van der Waals surface area contributed by atoms with Gasteiger partial charge in [0.05, 0.1) is 12.7 Å². The third-order valence-corrected chi connectivity index (χ3v) is 3.58. The lowest BCUT2D eigenvalue weighted by Crippen LogP contribution is -2.50. The first-order chi connectivity index (χ1) is 10.1. The minimum Gasteiger partial charge on any atom is -0.383 e. The average Bonchev–Trinajstić information content (AvgIpc) is 2.50. The van der Waals surface area contributed by atoms with Gasteiger partial charge >= 0.3 is 0 Å². The van der Waals surface area contributed by atoms with Gasteiger partial charge in [-0.25, -0.2) is 0 Å². The van der Waals surface area contributed by atoms with Crippen LogP contribution in [0.2, 0.25) is 0 Å². The molecule has 0 heterocycles. The Bertz CT molecular complexity index is 441. The number of methoxy groups -OCH3 is 1. The number of rotatable bonds is 9. The summed E-state index contributed by atoms with van der Waals surface area (Å²) in [5.74, 6) is 0.547. The van der Waals surface area contributed by atoms with Gasteiger partial charge in [-0.3, -0.25) is 10.2 Å². The minimum atomic E-state index is -0.691. The van der Waals surface area contributed by atoms with Crippen molar-refractivity contribution in [2.45, 2.75) is 19.4 Å². The molecule has 1 aromatic rings. The summed E-state index contributed by atoms with van der Waals surface area (Å²) in [5.41, 5.74) is 0.311. The maximum absolute atomic E-state index is 9.77. The summed E-state index contributed by atoms with van der Waals surface area (Å²) in [6.07, 6.45) is 0. The van der Waals surface area contributed by atoms with Gasteiger partial charge in [-0.05, 0) is 18.5 Å². The van der Waals surface area contributed by atoms with Gasteiger partial charge in [0.25, 0.3) is 0 Å². The van der Waals surface area contributed by atoms with Gasteiger partial charge in [-0.1, -0.05) is 44.2 Å². The second-order valence-corrected chi connectivity index (χ2v) is 5.75. The lowest BCUT2D eigenvalue weighted by molar-refractivity contribution is 0.124. The van der Waals surface area contributed by atoms with Crippen molar-refractivity contribution < 1.29 is 4.74 Å². The first kappa shape index (κ1) is 17.6. The van der Waals surface area contributed by atoms with Crippen LogP contribution in [-0.4, -0.2) is 45.3 Å². The number of nitrogens with one attached hydrogen (secondary N) is 1. The molecule has 21 heavy (non-hydrogen) atoms. The standard InChI is InChI=1S/C17H27N3O/c1-15(2)12-20(10-11-21-4)14-17(13-18,19-3)16-8-6-5-7-9-16/h5-9,15,19H,10-12,14H2,1-4H3. The van der Waals surface area contributed by atoms with Crippen molar-refractivity contribution >= 4 is 0 Å². The van der Waals surface area contributed by atoms with Crippen molar-refractivity contribution in [1.82, 2.24) is 10.2 Å². The first-order valence-corrected chi connectivity index (χ1v) is 7.45. The lowest BCUT2D eigenvalue weighted by Gasteiger charge is -2.34. The maximum atomic E-state index is 9.77. The largest absolute Gasteiger partial charge is 0.383 e. The van der Waals surface area contributed by atoms with Crippen LogP contribution in [0.1, 0.15) is 19.4 Å². The fraction of sp³-hybridized carbons (Fsp3) is 0.588. The van der Waals surface area contributed by atoms with E-state index >= 15 is 0 Å². The number of likely N-dealkylation sites (N-methyl/N-ethyl adjacent to an activating group) is 1. The number of benzene rings is 1. The van der Waals surface area contributed by atoms with Gasteiger partial charge < -0.3 is 4.74 Å². The summed E-state index contributed by atoms with van der Waals surface area (Å²) in [6.45, 7) is 7.47. The van der Waals surface area contributed by atoms with Gasteiger partial charge in [0.2, 0.25) is 0 Å². The molecule has 1 rings (SSSR count). The molecule has 0 saturated heterocycles. The summed E-state index contributed by atoms with van der Waals surface area (Å²) in [4.78, 5) is 2.29. The molecular weight excluding hydrogens is 262 g/mol. The maximum Gasteiger partial charge on any atom is 0.144 e. The molecule has 0 amide bonds. The van der Waals surface area contributed by atoms with E-state index in [0.29, 0.717) is 19.1 Å². The molecule has 0 aromatic heterocycles. The molecule has 0 fully saturated rings. The van der Waals surface area contributed by atoms with Crippen LogP contribution in [0.25, 0.3) is 0 Å². The number of nitrogens with zero attached hydrogens (tertiary/aromatic N) is 2. The molecular formula is C17H27N3O. The van der Waals surface area contributed by atoms with Crippen LogP contribution in [0.5, 0.6) is 0 Å². The monoisotopic (exact) mass is 289 g/mol. The van der Waals surface area contributed by atoms with Gasteiger partial charge in [-0.15, -0.1) is 0 Å². The molecule has 0 spiro atoms. The number of hydrogen-bond acceptors (Lipinski definition) is 4. The quantitative estimate of drug-likeness (QED) is 0.757. The molecule has 0 aliphatic rings. The summed E-state index contributed by atoms with van der Waals surface area (Å²) in [7, 11) is 3.56. The Hall–Kier alpha value is -1.41. The molecule has 1 atom stereocenters. The Morgan fingerprint density at radius 2 is 2.00 bits per heavy atom. The Kier molecular flexibility index (Phi) is 7.38. The molecule has 0 bridgehead atoms. The highest BCUT2D eigenvalue weighted by atomic mass is 16.5. The Morgan fingerprint density at radius 3 is 2.48 bits per heavy atom. The van der Waals surface area contributed by atoms with Crippen LogP contribution in [-0.2, 0) is 10.3 Å². The van der Waals surface area contributed by atoms with Crippen LogP contribution in [0.3, 0.4) is 0 Å². The van der Waals surface area contributed by atoms with Crippen molar-refractivity contribution in [3.63, 3.8) is 0 Å². The SMILES string of the molecule is CNC(C#N)(CN(CCOC)CC(C)C)c1ccccc1. The van der Waals surface area contributed by atoms with Crippen LogP contribution in [0, 0.1) is 17.2 Å².